The normalized spacial score (nSPS) is 34.0. The molecule has 1 saturated carbocycles. The summed E-state index contributed by atoms with van der Waals surface area (Å²) in [4.78, 5) is 24.2. The van der Waals surface area contributed by atoms with Crippen molar-refractivity contribution in [3.8, 4) is 11.5 Å². The van der Waals surface area contributed by atoms with Gasteiger partial charge in [0.1, 0.15) is 17.6 Å². The zero-order chi connectivity index (χ0) is 18.5. The number of hydrogen-bond acceptors (Lipinski definition) is 7. The molecule has 0 bridgehead atoms. The van der Waals surface area contributed by atoms with Crippen molar-refractivity contribution >= 4 is 11.8 Å². The van der Waals surface area contributed by atoms with Gasteiger partial charge in [-0.15, -0.1) is 0 Å². The molecule has 1 aromatic rings. The van der Waals surface area contributed by atoms with Gasteiger partial charge in [0.25, 0.3) is 0 Å². The minimum atomic E-state index is -1.35. The highest BCUT2D eigenvalue weighted by Gasteiger charge is 2.53. The highest BCUT2D eigenvalue weighted by molar-refractivity contribution is 6.03. The van der Waals surface area contributed by atoms with Crippen LogP contribution in [0, 0.1) is 11.8 Å². The van der Waals surface area contributed by atoms with E-state index < -0.39 is 35.6 Å². The lowest BCUT2D eigenvalue weighted by Crippen LogP contribution is -2.54. The first-order chi connectivity index (χ1) is 11.7. The maximum absolute atomic E-state index is 12.9. The number of Topliss-reactive ketones (excluding diaryl/α,β-unsaturated/α-hetero) is 1. The van der Waals surface area contributed by atoms with E-state index in [1.807, 2.05) is 0 Å². The van der Waals surface area contributed by atoms with Gasteiger partial charge in [-0.3, -0.25) is 9.59 Å². The molecule has 3 N–H and O–H groups in total. The van der Waals surface area contributed by atoms with Crippen molar-refractivity contribution in [2.75, 3.05) is 7.11 Å². The Labute approximate surface area is 145 Å². The highest BCUT2D eigenvalue weighted by Crippen LogP contribution is 2.51. The number of ether oxygens (including phenoxy) is 2. The first-order valence-electron chi connectivity index (χ1n) is 8.18. The first kappa shape index (κ1) is 17.7. The minimum absolute atomic E-state index is 0.0673. The molecule has 5 unspecified atom stereocenters. The van der Waals surface area contributed by atoms with Gasteiger partial charge in [0.2, 0.25) is 0 Å². The predicted molar refractivity (Wildman–Crippen MR) is 86.3 cm³/mol. The summed E-state index contributed by atoms with van der Waals surface area (Å²) in [5.74, 6) is -1.96. The summed E-state index contributed by atoms with van der Waals surface area (Å²) in [5.41, 5.74) is -0.991. The van der Waals surface area contributed by atoms with Gasteiger partial charge in [-0.2, -0.15) is 0 Å². The number of aliphatic hydroxyl groups is 2. The van der Waals surface area contributed by atoms with Gasteiger partial charge in [0.15, 0.2) is 5.78 Å². The van der Waals surface area contributed by atoms with E-state index in [-0.39, 0.29) is 29.9 Å². The monoisotopic (exact) mass is 350 g/mol. The maximum Gasteiger partial charge on any atom is 0.303 e. The van der Waals surface area contributed by atoms with Crippen molar-refractivity contribution in [2.45, 2.75) is 44.5 Å². The number of esters is 1. The number of carbonyl (C=O) groups is 2. The topological polar surface area (TPSA) is 113 Å². The summed E-state index contributed by atoms with van der Waals surface area (Å²) >= 11 is 0. The van der Waals surface area contributed by atoms with E-state index >= 15 is 0 Å². The van der Waals surface area contributed by atoms with Gasteiger partial charge < -0.3 is 24.8 Å². The number of methoxy groups -OCH3 is 1. The molecule has 5 atom stereocenters. The summed E-state index contributed by atoms with van der Waals surface area (Å²) in [5, 5.41) is 31.7. The van der Waals surface area contributed by atoms with Crippen LogP contribution in [0.15, 0.2) is 12.1 Å². The van der Waals surface area contributed by atoms with Gasteiger partial charge in [-0.25, -0.2) is 0 Å². The molecule has 2 aliphatic carbocycles. The number of phenols is 1. The Morgan fingerprint density at radius 1 is 1.36 bits per heavy atom. The number of hydrogen-bond donors (Lipinski definition) is 3. The fourth-order valence-electron chi connectivity index (χ4n) is 4.08. The summed E-state index contributed by atoms with van der Waals surface area (Å²) < 4.78 is 10.3. The van der Waals surface area contributed by atoms with E-state index in [0.717, 1.165) is 0 Å². The molecule has 0 heterocycles. The number of rotatable bonds is 2. The Kier molecular flexibility index (Phi) is 4.25. The van der Waals surface area contributed by atoms with Crippen molar-refractivity contribution in [2.24, 2.45) is 11.8 Å². The number of benzene rings is 1. The van der Waals surface area contributed by atoms with Crippen LogP contribution >= 0.6 is 0 Å². The van der Waals surface area contributed by atoms with Crippen LogP contribution < -0.4 is 4.74 Å². The van der Waals surface area contributed by atoms with Crippen LogP contribution in [-0.4, -0.2) is 45.9 Å². The largest absolute Gasteiger partial charge is 0.507 e. The van der Waals surface area contributed by atoms with E-state index in [9.17, 15) is 24.9 Å². The second kappa shape index (κ2) is 6.00. The Bertz CT molecular complexity index is 724. The molecular weight excluding hydrogens is 328 g/mol. The molecule has 0 amide bonds. The molecule has 25 heavy (non-hydrogen) atoms. The van der Waals surface area contributed by atoms with Crippen LogP contribution in [-0.2, 0) is 9.53 Å². The summed E-state index contributed by atoms with van der Waals surface area (Å²) in [6.45, 7) is 2.78. The van der Waals surface area contributed by atoms with Gasteiger partial charge in [0.05, 0.1) is 24.4 Å². The molecule has 0 aromatic heterocycles. The van der Waals surface area contributed by atoms with E-state index in [0.29, 0.717) is 11.3 Å². The fraction of sp³-hybridized carbons (Fsp3) is 0.556. The number of carbonyl (C=O) groups excluding carboxylic acids is 2. The number of aromatic hydroxyl groups is 1. The number of ketones is 1. The van der Waals surface area contributed by atoms with Gasteiger partial charge in [0, 0.05) is 24.8 Å². The zero-order valence-corrected chi connectivity index (χ0v) is 14.4. The standard InChI is InChI=1S/C18H22O7/c1-8(19)25-14-6-10-12(7-18(14,2)23)16(21)11-4-9(24-3)5-13(20)15(11)17(10)22/h4-5,10,12,14,16,20-21,23H,6-7H2,1-3H3. The van der Waals surface area contributed by atoms with E-state index in [4.69, 9.17) is 9.47 Å². The molecule has 7 heteroatoms. The lowest BCUT2D eigenvalue weighted by molar-refractivity contribution is -0.177. The number of fused-ring (bicyclic) bond motifs is 2. The van der Waals surface area contributed by atoms with Crippen molar-refractivity contribution in [3.05, 3.63) is 23.3 Å². The Morgan fingerprint density at radius 2 is 2.04 bits per heavy atom. The van der Waals surface area contributed by atoms with E-state index in [2.05, 4.69) is 0 Å². The SMILES string of the molecule is COc1cc(O)c2c(c1)C(O)C1CC(C)(O)C(OC(C)=O)CC1C2=O. The lowest BCUT2D eigenvalue weighted by Gasteiger charge is -2.47. The summed E-state index contributed by atoms with van der Waals surface area (Å²) in [6.07, 6.45) is -1.69. The first-order valence-corrected chi connectivity index (χ1v) is 8.18. The van der Waals surface area contributed by atoms with Crippen molar-refractivity contribution in [3.63, 3.8) is 0 Å². The summed E-state index contributed by atoms with van der Waals surface area (Å²) in [6, 6.07) is 2.85. The maximum atomic E-state index is 12.9. The van der Waals surface area contributed by atoms with Gasteiger partial charge in [-0.05, 0) is 31.4 Å². The molecule has 2 aliphatic rings. The van der Waals surface area contributed by atoms with Crippen LogP contribution in [0.1, 0.15) is 48.7 Å². The number of aliphatic hydroxyl groups excluding tert-OH is 1. The number of phenolic OH excluding ortho intramolecular Hbond substituents is 1. The van der Waals surface area contributed by atoms with Crippen LogP contribution in [0.2, 0.25) is 0 Å². The van der Waals surface area contributed by atoms with Crippen LogP contribution in [0.4, 0.5) is 0 Å². The van der Waals surface area contributed by atoms with E-state index in [1.165, 1.54) is 33.1 Å². The van der Waals surface area contributed by atoms with Crippen molar-refractivity contribution in [1.29, 1.82) is 0 Å². The molecular formula is C18H22O7. The highest BCUT2D eigenvalue weighted by atomic mass is 16.6. The third kappa shape index (κ3) is 2.87. The predicted octanol–water partition coefficient (Wildman–Crippen LogP) is 1.34. The molecule has 136 valence electrons. The summed E-state index contributed by atoms with van der Waals surface area (Å²) in [7, 11) is 1.43. The molecule has 7 nitrogen and oxygen atoms in total. The quantitative estimate of drug-likeness (QED) is 0.690. The molecule has 1 fully saturated rings. The van der Waals surface area contributed by atoms with E-state index in [1.54, 1.807) is 0 Å². The minimum Gasteiger partial charge on any atom is -0.507 e. The fourth-order valence-corrected chi connectivity index (χ4v) is 4.08. The Hall–Kier alpha value is -2.12. The molecule has 3 rings (SSSR count). The second-order valence-electron chi connectivity index (χ2n) is 7.09. The second-order valence-corrected chi connectivity index (χ2v) is 7.09. The van der Waals surface area contributed by atoms with Crippen LogP contribution in [0.25, 0.3) is 0 Å². The third-order valence-electron chi connectivity index (χ3n) is 5.30. The average molecular weight is 350 g/mol. The zero-order valence-electron chi connectivity index (χ0n) is 14.4. The molecule has 1 aromatic carbocycles. The Morgan fingerprint density at radius 3 is 2.64 bits per heavy atom. The molecule has 0 spiro atoms. The molecule has 0 aliphatic heterocycles. The average Bonchev–Trinajstić information content (AvgIpc) is 2.52. The van der Waals surface area contributed by atoms with Crippen molar-refractivity contribution < 1.29 is 34.4 Å². The third-order valence-corrected chi connectivity index (χ3v) is 5.30. The van der Waals surface area contributed by atoms with Crippen LogP contribution in [0.3, 0.4) is 0 Å². The Balaban J connectivity index is 2.03. The molecule has 0 saturated heterocycles. The lowest BCUT2D eigenvalue weighted by atomic mass is 9.62. The smallest absolute Gasteiger partial charge is 0.303 e. The van der Waals surface area contributed by atoms with Crippen molar-refractivity contribution in [1.82, 2.24) is 0 Å². The van der Waals surface area contributed by atoms with Gasteiger partial charge in [-0.1, -0.05) is 0 Å². The molecule has 0 radical (unpaired) electrons. The van der Waals surface area contributed by atoms with Crippen LogP contribution in [0.5, 0.6) is 11.5 Å². The van der Waals surface area contributed by atoms with Gasteiger partial charge >= 0.3 is 5.97 Å².